The number of carbonyl (C=O) groups is 1. The molecule has 0 bridgehead atoms. The molecule has 0 aromatic heterocycles. The van der Waals surface area contributed by atoms with Crippen molar-refractivity contribution in [1.82, 2.24) is 4.90 Å². The van der Waals surface area contributed by atoms with Crippen LogP contribution in [0.25, 0.3) is 0 Å². The van der Waals surface area contributed by atoms with Crippen LogP contribution in [-0.2, 0) is 20.8 Å². The molecular weight excluding hydrogens is 367 g/mol. The first-order chi connectivity index (χ1) is 12.7. The van der Waals surface area contributed by atoms with Crippen LogP contribution in [0.15, 0.2) is 24.3 Å². The Labute approximate surface area is 155 Å². The number of rotatable bonds is 4. The highest BCUT2D eigenvalue weighted by Gasteiger charge is 2.47. The Kier molecular flexibility index (Phi) is 7.07. The number of carboxylic acids is 1. The molecule has 1 spiro atoms. The predicted molar refractivity (Wildman–Crippen MR) is 90.7 cm³/mol. The van der Waals surface area contributed by atoms with Gasteiger partial charge in [-0.05, 0) is 24.1 Å². The van der Waals surface area contributed by atoms with E-state index in [1.807, 2.05) is 12.1 Å². The fraction of sp³-hybridized carbons (Fsp3) is 0.611. The van der Waals surface area contributed by atoms with Gasteiger partial charge in [0.25, 0.3) is 0 Å². The summed E-state index contributed by atoms with van der Waals surface area (Å²) < 4.78 is 48.4. The second kappa shape index (κ2) is 8.90. The number of nitrogens with zero attached hydrogens (tertiary/aromatic N) is 1. The van der Waals surface area contributed by atoms with Crippen LogP contribution in [0.4, 0.5) is 13.2 Å². The quantitative estimate of drug-likeness (QED) is 0.851. The second-order valence-electron chi connectivity index (χ2n) is 6.68. The Morgan fingerprint density at radius 2 is 1.89 bits per heavy atom. The number of alkyl halides is 3. The van der Waals surface area contributed by atoms with E-state index < -0.39 is 12.1 Å². The van der Waals surface area contributed by atoms with Gasteiger partial charge in [-0.2, -0.15) is 13.2 Å². The lowest BCUT2D eigenvalue weighted by atomic mass is 9.84. The number of halogens is 3. The van der Waals surface area contributed by atoms with Crippen molar-refractivity contribution in [3.05, 3.63) is 29.8 Å². The largest absolute Gasteiger partial charge is 0.497 e. The van der Waals surface area contributed by atoms with Gasteiger partial charge in [0.15, 0.2) is 0 Å². The zero-order valence-electron chi connectivity index (χ0n) is 15.3. The zero-order valence-corrected chi connectivity index (χ0v) is 15.3. The summed E-state index contributed by atoms with van der Waals surface area (Å²) in [4.78, 5) is 11.3. The van der Waals surface area contributed by atoms with Crippen molar-refractivity contribution in [1.29, 1.82) is 0 Å². The predicted octanol–water partition coefficient (Wildman–Crippen LogP) is 2.71. The van der Waals surface area contributed by atoms with Crippen LogP contribution in [0.3, 0.4) is 0 Å². The Morgan fingerprint density at radius 1 is 1.30 bits per heavy atom. The topological polar surface area (TPSA) is 68.2 Å². The molecule has 2 saturated heterocycles. The molecule has 2 aliphatic heterocycles. The average molecular weight is 391 g/mol. The third kappa shape index (κ3) is 6.08. The molecule has 9 heteroatoms. The van der Waals surface area contributed by atoms with E-state index in [0.717, 1.165) is 44.8 Å². The molecule has 1 unspecified atom stereocenters. The summed E-state index contributed by atoms with van der Waals surface area (Å²) in [5.41, 5.74) is 1.37. The third-order valence-electron chi connectivity index (χ3n) is 4.61. The summed E-state index contributed by atoms with van der Waals surface area (Å²) in [5.74, 6) is -1.85. The molecule has 2 aliphatic rings. The van der Waals surface area contributed by atoms with E-state index in [0.29, 0.717) is 6.10 Å². The van der Waals surface area contributed by atoms with Crippen molar-refractivity contribution in [2.24, 2.45) is 0 Å². The highest BCUT2D eigenvalue weighted by atomic mass is 19.4. The first-order valence-electron chi connectivity index (χ1n) is 8.49. The Hall–Kier alpha value is -1.84. The number of benzene rings is 1. The monoisotopic (exact) mass is 391 g/mol. The van der Waals surface area contributed by atoms with Gasteiger partial charge < -0.3 is 19.3 Å². The molecule has 0 radical (unpaired) electrons. The molecule has 2 fully saturated rings. The first kappa shape index (κ1) is 21.5. The third-order valence-corrected chi connectivity index (χ3v) is 4.61. The lowest BCUT2D eigenvalue weighted by molar-refractivity contribution is -0.195. The van der Waals surface area contributed by atoms with E-state index in [2.05, 4.69) is 17.0 Å². The maximum atomic E-state index is 10.6. The van der Waals surface area contributed by atoms with Crippen molar-refractivity contribution in [2.45, 2.75) is 37.3 Å². The molecule has 1 N–H and O–H groups in total. The van der Waals surface area contributed by atoms with Crippen molar-refractivity contribution >= 4 is 5.97 Å². The summed E-state index contributed by atoms with van der Waals surface area (Å²) >= 11 is 0. The number of ether oxygens (including phenoxy) is 3. The zero-order chi connectivity index (χ0) is 20.1. The van der Waals surface area contributed by atoms with Gasteiger partial charge in [-0.3, -0.25) is 4.90 Å². The maximum absolute atomic E-state index is 10.6. The number of aliphatic carboxylic acids is 1. The lowest BCUT2D eigenvalue weighted by Gasteiger charge is -2.53. The molecule has 2 heterocycles. The molecule has 0 saturated carbocycles. The maximum Gasteiger partial charge on any atom is 0.490 e. The van der Waals surface area contributed by atoms with Gasteiger partial charge in [0, 0.05) is 39.8 Å². The molecule has 0 aliphatic carbocycles. The minimum absolute atomic E-state index is 0.0470. The van der Waals surface area contributed by atoms with Crippen molar-refractivity contribution < 1.29 is 37.3 Å². The highest BCUT2D eigenvalue weighted by Crippen LogP contribution is 2.35. The van der Waals surface area contributed by atoms with E-state index in [4.69, 9.17) is 24.1 Å². The number of hydrogen-bond donors (Lipinski definition) is 1. The fourth-order valence-electron chi connectivity index (χ4n) is 3.27. The van der Waals surface area contributed by atoms with Crippen molar-refractivity contribution in [3.63, 3.8) is 0 Å². The van der Waals surface area contributed by atoms with Crippen LogP contribution in [0.2, 0.25) is 0 Å². The summed E-state index contributed by atoms with van der Waals surface area (Å²) in [5, 5.41) is 7.12. The van der Waals surface area contributed by atoms with Crippen LogP contribution in [0, 0.1) is 0 Å². The first-order valence-corrected chi connectivity index (χ1v) is 8.49. The van der Waals surface area contributed by atoms with Crippen molar-refractivity contribution in [2.75, 3.05) is 33.9 Å². The summed E-state index contributed by atoms with van der Waals surface area (Å²) in [7, 11) is 3.50. The van der Waals surface area contributed by atoms with Crippen LogP contribution < -0.4 is 4.74 Å². The van der Waals surface area contributed by atoms with Gasteiger partial charge in [0.2, 0.25) is 0 Å². The van der Waals surface area contributed by atoms with Crippen molar-refractivity contribution in [3.8, 4) is 5.75 Å². The minimum atomic E-state index is -5.08. The van der Waals surface area contributed by atoms with E-state index >= 15 is 0 Å². The van der Waals surface area contributed by atoms with E-state index in [-0.39, 0.29) is 5.60 Å². The summed E-state index contributed by atoms with van der Waals surface area (Å²) in [6, 6.07) is 8.29. The summed E-state index contributed by atoms with van der Waals surface area (Å²) in [6.07, 6.45) is -2.66. The van der Waals surface area contributed by atoms with Gasteiger partial charge in [-0.15, -0.1) is 0 Å². The Bertz CT molecular complexity index is 614. The molecule has 1 atom stereocenters. The molecule has 6 nitrogen and oxygen atoms in total. The van der Waals surface area contributed by atoms with Gasteiger partial charge in [-0.1, -0.05) is 12.1 Å². The van der Waals surface area contributed by atoms with E-state index in [9.17, 15) is 13.2 Å². The average Bonchev–Trinajstić information content (AvgIpc) is 2.61. The van der Waals surface area contributed by atoms with Crippen LogP contribution in [0.5, 0.6) is 5.75 Å². The standard InChI is InChI=1S/C16H23NO3.C2HF3O2/c1-18-14-5-3-13(4-6-14)10-17-11-16(12-17)9-15(19-2)7-8-20-16;3-2(4,5)1(6)7/h3-6,15H,7-12H2,1-2H3;(H,6,7). The highest BCUT2D eigenvalue weighted by molar-refractivity contribution is 5.73. The van der Waals surface area contributed by atoms with Gasteiger partial charge in [0.05, 0.1) is 18.8 Å². The van der Waals surface area contributed by atoms with E-state index in [1.165, 1.54) is 5.56 Å². The normalized spacial score (nSPS) is 21.7. The SMILES string of the molecule is COc1ccc(CN2CC3(CC(OC)CCO3)C2)cc1.O=C(O)C(F)(F)F. The van der Waals surface area contributed by atoms with Gasteiger partial charge >= 0.3 is 12.1 Å². The molecule has 27 heavy (non-hydrogen) atoms. The number of likely N-dealkylation sites (tertiary alicyclic amines) is 1. The van der Waals surface area contributed by atoms with Gasteiger partial charge in [0.1, 0.15) is 5.75 Å². The van der Waals surface area contributed by atoms with Gasteiger partial charge in [-0.25, -0.2) is 4.79 Å². The Balaban J connectivity index is 0.000000321. The molecular formula is C18H24F3NO5. The van der Waals surface area contributed by atoms with Crippen LogP contribution in [-0.4, -0.2) is 67.8 Å². The van der Waals surface area contributed by atoms with Crippen LogP contribution in [0.1, 0.15) is 18.4 Å². The second-order valence-corrected chi connectivity index (χ2v) is 6.68. The molecule has 152 valence electrons. The molecule has 1 aromatic carbocycles. The minimum Gasteiger partial charge on any atom is -0.497 e. The molecule has 1 aromatic rings. The number of hydrogen-bond acceptors (Lipinski definition) is 5. The fourth-order valence-corrected chi connectivity index (χ4v) is 3.27. The smallest absolute Gasteiger partial charge is 0.490 e. The lowest BCUT2D eigenvalue weighted by Crippen LogP contribution is -2.65. The Morgan fingerprint density at radius 3 is 2.37 bits per heavy atom. The number of methoxy groups -OCH3 is 2. The molecule has 0 amide bonds. The van der Waals surface area contributed by atoms with Crippen LogP contribution >= 0.6 is 0 Å². The summed E-state index contributed by atoms with van der Waals surface area (Å²) in [6.45, 7) is 3.83. The number of carboxylic acid groups (broad SMARTS) is 1. The van der Waals surface area contributed by atoms with E-state index in [1.54, 1.807) is 14.2 Å². The molecule has 3 rings (SSSR count).